The summed E-state index contributed by atoms with van der Waals surface area (Å²) < 4.78 is 5.36. The molecule has 0 aliphatic carbocycles. The average Bonchev–Trinajstić information content (AvgIpc) is 3.19. The summed E-state index contributed by atoms with van der Waals surface area (Å²) in [5.74, 6) is 0.0535. The molecule has 3 rings (SSSR count). The maximum Gasteiger partial charge on any atom is 0.264 e. The average molecular weight is 337 g/mol. The van der Waals surface area contributed by atoms with Crippen molar-refractivity contribution in [3.63, 3.8) is 0 Å². The van der Waals surface area contributed by atoms with Gasteiger partial charge in [-0.1, -0.05) is 6.07 Å². The van der Waals surface area contributed by atoms with E-state index in [1.807, 2.05) is 29.9 Å². The van der Waals surface area contributed by atoms with Crippen molar-refractivity contribution in [1.29, 1.82) is 0 Å². The van der Waals surface area contributed by atoms with Crippen molar-refractivity contribution in [2.24, 2.45) is 0 Å². The lowest BCUT2D eigenvalue weighted by Crippen LogP contribution is -2.35. The third-order valence-electron chi connectivity index (χ3n) is 3.54. The Bertz CT molecular complexity index is 606. The van der Waals surface area contributed by atoms with E-state index in [1.54, 1.807) is 16.2 Å². The zero-order valence-electron chi connectivity index (χ0n) is 12.5. The number of thiophene rings is 1. The molecule has 5 nitrogen and oxygen atoms in total. The quantitative estimate of drug-likeness (QED) is 0.840. The molecule has 0 saturated carbocycles. The van der Waals surface area contributed by atoms with Crippen molar-refractivity contribution in [3.8, 4) is 0 Å². The Kier molecular flexibility index (Phi) is 5.20. The van der Waals surface area contributed by atoms with Crippen LogP contribution in [0.5, 0.6) is 0 Å². The van der Waals surface area contributed by atoms with E-state index in [-0.39, 0.29) is 5.91 Å². The first kappa shape index (κ1) is 15.6. The second kappa shape index (κ2) is 7.32. The molecule has 1 amide bonds. The SMILES string of the molecule is CN(Cc1csc(CN2CCOCC2)n1)C(=O)c1cccs1. The Labute approximate surface area is 138 Å². The molecular weight excluding hydrogens is 318 g/mol. The predicted octanol–water partition coefficient (Wildman–Crippen LogP) is 2.31. The van der Waals surface area contributed by atoms with E-state index in [0.29, 0.717) is 6.54 Å². The van der Waals surface area contributed by atoms with Gasteiger partial charge in [0.2, 0.25) is 0 Å². The molecule has 0 bridgehead atoms. The number of aromatic nitrogens is 1. The van der Waals surface area contributed by atoms with Crippen LogP contribution in [0.4, 0.5) is 0 Å². The van der Waals surface area contributed by atoms with E-state index in [1.165, 1.54) is 11.3 Å². The van der Waals surface area contributed by atoms with Crippen molar-refractivity contribution in [2.45, 2.75) is 13.1 Å². The van der Waals surface area contributed by atoms with Crippen LogP contribution >= 0.6 is 22.7 Å². The summed E-state index contributed by atoms with van der Waals surface area (Å²) in [6.07, 6.45) is 0. The van der Waals surface area contributed by atoms with Crippen LogP contribution in [-0.2, 0) is 17.8 Å². The molecule has 0 atom stereocenters. The van der Waals surface area contributed by atoms with Gasteiger partial charge in [-0.3, -0.25) is 9.69 Å². The normalized spacial score (nSPS) is 15.9. The van der Waals surface area contributed by atoms with E-state index in [9.17, 15) is 4.79 Å². The molecule has 2 aromatic heterocycles. The minimum atomic E-state index is 0.0535. The first-order valence-corrected chi connectivity index (χ1v) is 9.00. The molecule has 0 aromatic carbocycles. The van der Waals surface area contributed by atoms with Gasteiger partial charge in [-0.25, -0.2) is 4.98 Å². The van der Waals surface area contributed by atoms with Crippen molar-refractivity contribution in [2.75, 3.05) is 33.4 Å². The summed E-state index contributed by atoms with van der Waals surface area (Å²) in [4.78, 5) is 21.7. The monoisotopic (exact) mass is 337 g/mol. The summed E-state index contributed by atoms with van der Waals surface area (Å²) in [6, 6.07) is 3.75. The molecule has 3 heterocycles. The molecule has 22 heavy (non-hydrogen) atoms. The number of rotatable bonds is 5. The summed E-state index contributed by atoms with van der Waals surface area (Å²) >= 11 is 3.14. The molecule has 7 heteroatoms. The largest absolute Gasteiger partial charge is 0.379 e. The number of hydrogen-bond donors (Lipinski definition) is 0. The van der Waals surface area contributed by atoms with Gasteiger partial charge in [0.1, 0.15) is 5.01 Å². The third-order valence-corrected chi connectivity index (χ3v) is 5.28. The van der Waals surface area contributed by atoms with E-state index in [2.05, 4.69) is 9.88 Å². The van der Waals surface area contributed by atoms with Crippen LogP contribution in [0.2, 0.25) is 0 Å². The highest BCUT2D eigenvalue weighted by atomic mass is 32.1. The molecule has 2 aromatic rings. The molecule has 1 aliphatic heterocycles. The van der Waals surface area contributed by atoms with E-state index in [4.69, 9.17) is 4.74 Å². The fourth-order valence-electron chi connectivity index (χ4n) is 2.35. The Morgan fingerprint density at radius 2 is 2.23 bits per heavy atom. The molecule has 1 aliphatic rings. The summed E-state index contributed by atoms with van der Waals surface area (Å²) in [5.41, 5.74) is 0.959. The number of carbonyl (C=O) groups excluding carboxylic acids is 1. The first-order valence-electron chi connectivity index (χ1n) is 7.25. The number of carbonyl (C=O) groups is 1. The zero-order chi connectivity index (χ0) is 15.4. The Morgan fingerprint density at radius 3 is 2.95 bits per heavy atom. The minimum absolute atomic E-state index is 0.0535. The summed E-state index contributed by atoms with van der Waals surface area (Å²) in [6.45, 7) is 4.96. The van der Waals surface area contributed by atoms with Gasteiger partial charge >= 0.3 is 0 Å². The van der Waals surface area contributed by atoms with Gasteiger partial charge in [0.25, 0.3) is 5.91 Å². The molecule has 1 saturated heterocycles. The zero-order valence-corrected chi connectivity index (χ0v) is 14.2. The maximum atomic E-state index is 12.2. The van der Waals surface area contributed by atoms with Gasteiger partial charge in [0.15, 0.2) is 0 Å². The van der Waals surface area contributed by atoms with E-state index >= 15 is 0 Å². The van der Waals surface area contributed by atoms with E-state index in [0.717, 1.165) is 48.4 Å². The van der Waals surface area contributed by atoms with Crippen LogP contribution < -0.4 is 0 Å². The molecule has 0 spiro atoms. The lowest BCUT2D eigenvalue weighted by molar-refractivity contribution is 0.0341. The summed E-state index contributed by atoms with van der Waals surface area (Å²) in [5, 5.41) is 5.08. The van der Waals surface area contributed by atoms with Crippen LogP contribution in [0.1, 0.15) is 20.4 Å². The number of amides is 1. The lowest BCUT2D eigenvalue weighted by Gasteiger charge is -2.25. The second-order valence-corrected chi connectivity index (χ2v) is 7.15. The Morgan fingerprint density at radius 1 is 1.41 bits per heavy atom. The second-order valence-electron chi connectivity index (χ2n) is 5.26. The molecule has 0 N–H and O–H groups in total. The highest BCUT2D eigenvalue weighted by Crippen LogP contribution is 2.16. The fraction of sp³-hybridized carbons (Fsp3) is 0.467. The number of morpholine rings is 1. The van der Waals surface area contributed by atoms with Gasteiger partial charge < -0.3 is 9.64 Å². The van der Waals surface area contributed by atoms with Crippen molar-refractivity contribution in [3.05, 3.63) is 38.5 Å². The molecule has 0 unspecified atom stereocenters. The van der Waals surface area contributed by atoms with Gasteiger partial charge in [0, 0.05) is 25.5 Å². The van der Waals surface area contributed by atoms with Crippen LogP contribution in [0.3, 0.4) is 0 Å². The number of hydrogen-bond acceptors (Lipinski definition) is 6. The van der Waals surface area contributed by atoms with Crippen LogP contribution in [0.25, 0.3) is 0 Å². The van der Waals surface area contributed by atoms with Gasteiger partial charge in [-0.2, -0.15) is 0 Å². The number of thiazole rings is 1. The third kappa shape index (κ3) is 3.92. The highest BCUT2D eigenvalue weighted by Gasteiger charge is 2.16. The first-order chi connectivity index (χ1) is 10.7. The minimum Gasteiger partial charge on any atom is -0.379 e. The molecule has 0 radical (unpaired) electrons. The lowest BCUT2D eigenvalue weighted by atomic mass is 10.3. The van der Waals surface area contributed by atoms with Gasteiger partial charge in [-0.15, -0.1) is 22.7 Å². The van der Waals surface area contributed by atoms with Crippen LogP contribution in [0, 0.1) is 0 Å². The van der Waals surface area contributed by atoms with Gasteiger partial charge in [-0.05, 0) is 11.4 Å². The smallest absolute Gasteiger partial charge is 0.264 e. The van der Waals surface area contributed by atoms with Crippen molar-refractivity contribution < 1.29 is 9.53 Å². The summed E-state index contributed by atoms with van der Waals surface area (Å²) in [7, 11) is 1.82. The fourth-order valence-corrected chi connectivity index (χ4v) is 3.89. The number of nitrogens with zero attached hydrogens (tertiary/aromatic N) is 3. The molecular formula is C15H19N3O2S2. The predicted molar refractivity (Wildman–Crippen MR) is 88.3 cm³/mol. The maximum absolute atomic E-state index is 12.2. The van der Waals surface area contributed by atoms with Crippen molar-refractivity contribution >= 4 is 28.6 Å². The topological polar surface area (TPSA) is 45.7 Å². The van der Waals surface area contributed by atoms with E-state index < -0.39 is 0 Å². The number of ether oxygens (including phenoxy) is 1. The molecule has 118 valence electrons. The van der Waals surface area contributed by atoms with Crippen molar-refractivity contribution in [1.82, 2.24) is 14.8 Å². The molecule has 1 fully saturated rings. The van der Waals surface area contributed by atoms with Gasteiger partial charge in [0.05, 0.1) is 36.9 Å². The van der Waals surface area contributed by atoms with Crippen LogP contribution in [-0.4, -0.2) is 54.0 Å². The Balaban J connectivity index is 1.55. The Hall–Kier alpha value is -1.28. The standard InChI is InChI=1S/C15H19N3O2S2/c1-17(15(19)13-3-2-8-21-13)9-12-11-22-14(16-12)10-18-4-6-20-7-5-18/h2-3,8,11H,4-7,9-10H2,1H3. The highest BCUT2D eigenvalue weighted by molar-refractivity contribution is 7.12. The van der Waals surface area contributed by atoms with Crippen LogP contribution in [0.15, 0.2) is 22.9 Å².